The number of aromatic nitrogens is 2. The van der Waals surface area contributed by atoms with Crippen LogP contribution in [-0.2, 0) is 10.3 Å². The van der Waals surface area contributed by atoms with Crippen molar-refractivity contribution in [2.75, 3.05) is 13.1 Å². The first-order valence-corrected chi connectivity index (χ1v) is 7.17. The van der Waals surface area contributed by atoms with E-state index in [9.17, 15) is 10.1 Å². The summed E-state index contributed by atoms with van der Waals surface area (Å²) in [4.78, 5) is 13.7. The van der Waals surface area contributed by atoms with E-state index in [4.69, 9.17) is 4.74 Å². The predicted molar refractivity (Wildman–Crippen MR) is 77.6 cm³/mol. The van der Waals surface area contributed by atoms with Crippen LogP contribution in [0, 0.1) is 18.3 Å². The van der Waals surface area contributed by atoms with Crippen LogP contribution in [0.4, 0.5) is 4.79 Å². The molecule has 1 fully saturated rings. The number of hydrogen-bond donors (Lipinski definition) is 0. The molecule has 0 aromatic carbocycles. The van der Waals surface area contributed by atoms with Gasteiger partial charge in [-0.3, -0.25) is 4.68 Å². The van der Waals surface area contributed by atoms with Gasteiger partial charge in [-0.25, -0.2) is 4.79 Å². The first kappa shape index (κ1) is 15.4. The number of aryl methyl sites for hydroxylation is 1. The Morgan fingerprint density at radius 3 is 2.48 bits per heavy atom. The summed E-state index contributed by atoms with van der Waals surface area (Å²) in [6, 6.07) is 2.38. The Morgan fingerprint density at radius 2 is 2.05 bits per heavy atom. The Balaban J connectivity index is 2.05. The second-order valence-corrected chi connectivity index (χ2v) is 6.57. The van der Waals surface area contributed by atoms with E-state index in [1.165, 1.54) is 0 Å². The molecule has 0 spiro atoms. The number of carbonyl (C=O) groups is 1. The van der Waals surface area contributed by atoms with Crippen molar-refractivity contribution >= 4 is 6.09 Å². The summed E-state index contributed by atoms with van der Waals surface area (Å²) in [5.74, 6) is 0. The minimum atomic E-state index is -0.660. The second-order valence-electron chi connectivity index (χ2n) is 6.57. The molecule has 0 aliphatic carbocycles. The summed E-state index contributed by atoms with van der Waals surface area (Å²) in [6.45, 7) is 8.50. The van der Waals surface area contributed by atoms with Gasteiger partial charge in [0.1, 0.15) is 5.60 Å². The number of amides is 1. The first-order valence-electron chi connectivity index (χ1n) is 7.17. The van der Waals surface area contributed by atoms with Gasteiger partial charge in [0.05, 0.1) is 12.3 Å². The molecular formula is C15H22N4O2. The number of nitriles is 1. The first-order chi connectivity index (χ1) is 9.76. The molecule has 0 N–H and O–H groups in total. The van der Waals surface area contributed by atoms with E-state index in [0.29, 0.717) is 25.9 Å². The van der Waals surface area contributed by atoms with Gasteiger partial charge >= 0.3 is 6.09 Å². The molecule has 2 heterocycles. The highest BCUT2D eigenvalue weighted by Gasteiger charge is 2.39. The van der Waals surface area contributed by atoms with Crippen LogP contribution in [0.2, 0.25) is 0 Å². The highest BCUT2D eigenvalue weighted by molar-refractivity contribution is 5.68. The number of likely N-dealkylation sites (tertiary alicyclic amines) is 1. The molecule has 1 aliphatic rings. The maximum absolute atomic E-state index is 12.1. The quantitative estimate of drug-likeness (QED) is 0.796. The maximum atomic E-state index is 12.1. The molecule has 6 heteroatoms. The number of rotatable bonds is 1. The minimum absolute atomic E-state index is 0.314. The maximum Gasteiger partial charge on any atom is 0.410 e. The summed E-state index contributed by atoms with van der Waals surface area (Å²) in [6.07, 6.45) is 4.44. The van der Waals surface area contributed by atoms with Gasteiger partial charge in [-0.1, -0.05) is 0 Å². The van der Waals surface area contributed by atoms with Crippen LogP contribution in [0.5, 0.6) is 0 Å². The third kappa shape index (κ3) is 3.35. The Morgan fingerprint density at radius 1 is 1.43 bits per heavy atom. The van der Waals surface area contributed by atoms with E-state index in [0.717, 1.165) is 5.56 Å². The Bertz CT molecular complexity index is 557. The molecule has 1 aromatic rings. The van der Waals surface area contributed by atoms with Crippen LogP contribution in [0.1, 0.15) is 39.2 Å². The number of carbonyl (C=O) groups excluding carboxylic acids is 1. The van der Waals surface area contributed by atoms with Crippen molar-refractivity contribution in [3.63, 3.8) is 0 Å². The molecule has 1 saturated heterocycles. The number of piperidine rings is 1. The van der Waals surface area contributed by atoms with Gasteiger partial charge in [-0.05, 0) is 33.3 Å². The van der Waals surface area contributed by atoms with Gasteiger partial charge in [0.15, 0.2) is 5.54 Å². The van der Waals surface area contributed by atoms with Crippen molar-refractivity contribution in [3.05, 3.63) is 18.0 Å². The Kier molecular flexibility index (Phi) is 3.95. The van der Waals surface area contributed by atoms with Crippen molar-refractivity contribution in [1.29, 1.82) is 5.26 Å². The zero-order valence-corrected chi connectivity index (χ0v) is 13.1. The van der Waals surface area contributed by atoms with Crippen molar-refractivity contribution in [2.45, 2.75) is 51.7 Å². The van der Waals surface area contributed by atoms with Crippen molar-refractivity contribution < 1.29 is 9.53 Å². The molecule has 0 saturated carbocycles. The van der Waals surface area contributed by atoms with Gasteiger partial charge in [0.2, 0.25) is 0 Å². The van der Waals surface area contributed by atoms with E-state index >= 15 is 0 Å². The second kappa shape index (κ2) is 5.40. The summed E-state index contributed by atoms with van der Waals surface area (Å²) in [5.41, 5.74) is -0.133. The summed E-state index contributed by atoms with van der Waals surface area (Å²) in [5, 5.41) is 13.8. The molecule has 0 bridgehead atoms. The lowest BCUT2D eigenvalue weighted by atomic mass is 9.89. The Labute approximate surface area is 125 Å². The van der Waals surface area contributed by atoms with Crippen LogP contribution < -0.4 is 0 Å². The van der Waals surface area contributed by atoms with E-state index < -0.39 is 11.1 Å². The van der Waals surface area contributed by atoms with E-state index in [-0.39, 0.29) is 6.09 Å². The molecule has 6 nitrogen and oxygen atoms in total. The van der Waals surface area contributed by atoms with Crippen LogP contribution >= 0.6 is 0 Å². The van der Waals surface area contributed by atoms with Gasteiger partial charge in [-0.15, -0.1) is 0 Å². The van der Waals surface area contributed by atoms with Crippen LogP contribution in [0.3, 0.4) is 0 Å². The lowest BCUT2D eigenvalue weighted by Gasteiger charge is -2.37. The molecule has 21 heavy (non-hydrogen) atoms. The average molecular weight is 290 g/mol. The molecule has 0 unspecified atom stereocenters. The average Bonchev–Trinajstić information content (AvgIpc) is 2.84. The fourth-order valence-corrected chi connectivity index (χ4v) is 2.42. The van der Waals surface area contributed by atoms with E-state index in [1.54, 1.807) is 15.8 Å². The third-order valence-electron chi connectivity index (χ3n) is 3.60. The van der Waals surface area contributed by atoms with Crippen LogP contribution in [0.25, 0.3) is 0 Å². The molecule has 1 amide bonds. The Hall–Kier alpha value is -2.03. The molecule has 1 aliphatic heterocycles. The van der Waals surface area contributed by atoms with E-state index in [2.05, 4.69) is 11.2 Å². The zero-order chi connectivity index (χ0) is 15.7. The third-order valence-corrected chi connectivity index (χ3v) is 3.60. The van der Waals surface area contributed by atoms with E-state index in [1.807, 2.05) is 33.9 Å². The zero-order valence-electron chi connectivity index (χ0n) is 13.1. The number of hydrogen-bond acceptors (Lipinski definition) is 4. The van der Waals surface area contributed by atoms with Crippen LogP contribution in [-0.4, -0.2) is 39.5 Å². The monoisotopic (exact) mass is 290 g/mol. The largest absolute Gasteiger partial charge is 0.444 e. The van der Waals surface area contributed by atoms with Gasteiger partial charge < -0.3 is 9.64 Å². The lowest BCUT2D eigenvalue weighted by molar-refractivity contribution is 0.0148. The summed E-state index contributed by atoms with van der Waals surface area (Å²) in [7, 11) is 0. The van der Waals surface area contributed by atoms with Crippen molar-refractivity contribution in [3.8, 4) is 6.07 Å². The molecule has 0 radical (unpaired) electrons. The fourth-order valence-electron chi connectivity index (χ4n) is 2.42. The van der Waals surface area contributed by atoms with Crippen molar-refractivity contribution in [2.24, 2.45) is 0 Å². The fraction of sp³-hybridized carbons (Fsp3) is 0.667. The standard InChI is InChI=1S/C15H22N4O2/c1-12-9-17-19(10-12)15(11-16)5-7-18(8-6-15)13(20)21-14(2,3)4/h9-10H,5-8H2,1-4H3. The SMILES string of the molecule is Cc1cnn(C2(C#N)CCN(C(=O)OC(C)(C)C)CC2)c1. The molecule has 114 valence electrons. The topological polar surface area (TPSA) is 71.2 Å². The minimum Gasteiger partial charge on any atom is -0.444 e. The smallest absolute Gasteiger partial charge is 0.410 e. The summed E-state index contributed by atoms with van der Waals surface area (Å²) < 4.78 is 7.10. The number of ether oxygens (including phenoxy) is 1. The lowest BCUT2D eigenvalue weighted by Crippen LogP contribution is -2.48. The van der Waals surface area contributed by atoms with Crippen molar-refractivity contribution in [1.82, 2.24) is 14.7 Å². The predicted octanol–water partition coefficient (Wildman–Crippen LogP) is 2.44. The highest BCUT2D eigenvalue weighted by Crippen LogP contribution is 2.30. The van der Waals surface area contributed by atoms with Gasteiger partial charge in [0.25, 0.3) is 0 Å². The number of nitrogens with zero attached hydrogens (tertiary/aromatic N) is 4. The van der Waals surface area contributed by atoms with Gasteiger partial charge in [-0.2, -0.15) is 10.4 Å². The molecular weight excluding hydrogens is 268 g/mol. The molecule has 1 aromatic heterocycles. The van der Waals surface area contributed by atoms with Gasteiger partial charge in [0, 0.05) is 32.1 Å². The normalized spacial score (nSPS) is 18.1. The summed E-state index contributed by atoms with van der Waals surface area (Å²) >= 11 is 0. The molecule has 2 rings (SSSR count). The highest BCUT2D eigenvalue weighted by atomic mass is 16.6. The molecule has 0 atom stereocenters. The van der Waals surface area contributed by atoms with Crippen LogP contribution in [0.15, 0.2) is 12.4 Å².